The van der Waals surface area contributed by atoms with Crippen molar-refractivity contribution >= 4 is 29.3 Å². The lowest BCUT2D eigenvalue weighted by molar-refractivity contribution is 0.0690. The highest BCUT2D eigenvalue weighted by molar-refractivity contribution is 7.98. The smallest absolute Gasteiger partial charge is 0.358 e. The molecule has 2 rings (SSSR count). The van der Waals surface area contributed by atoms with E-state index < -0.39 is 5.97 Å². The quantitative estimate of drug-likeness (QED) is 0.830. The first-order chi connectivity index (χ1) is 9.15. The molecule has 0 saturated heterocycles. The van der Waals surface area contributed by atoms with E-state index >= 15 is 0 Å². The zero-order chi connectivity index (χ0) is 13.7. The molecule has 19 heavy (non-hydrogen) atoms. The number of carbonyl (C=O) groups is 1. The van der Waals surface area contributed by atoms with Crippen LogP contribution >= 0.6 is 23.4 Å². The largest absolute Gasteiger partial charge is 0.476 e. The third-order valence-electron chi connectivity index (χ3n) is 2.40. The molecule has 5 nitrogen and oxygen atoms in total. The van der Waals surface area contributed by atoms with Crippen molar-refractivity contribution < 1.29 is 9.90 Å². The number of aromatic nitrogens is 3. The van der Waals surface area contributed by atoms with Crippen molar-refractivity contribution in [1.82, 2.24) is 15.0 Å². The van der Waals surface area contributed by atoms with Gasteiger partial charge in [-0.2, -0.15) is 11.8 Å². The van der Waals surface area contributed by atoms with Crippen LogP contribution in [0.2, 0.25) is 5.02 Å². The number of carboxylic acid groups (broad SMARTS) is 1. The number of aryl methyl sites for hydroxylation is 1. The fourth-order valence-corrected chi connectivity index (χ4v) is 2.45. The second-order valence-electron chi connectivity index (χ2n) is 3.85. The van der Waals surface area contributed by atoms with Crippen molar-refractivity contribution in [3.05, 3.63) is 46.7 Å². The Hall–Kier alpha value is -1.53. The lowest BCUT2D eigenvalue weighted by atomic mass is 10.2. The van der Waals surface area contributed by atoms with Crippen molar-refractivity contribution in [2.45, 2.75) is 12.3 Å². The predicted molar refractivity (Wildman–Crippen MR) is 74.6 cm³/mol. The molecule has 2 aromatic rings. The van der Waals surface area contributed by atoms with Gasteiger partial charge >= 0.3 is 5.97 Å². The molecule has 100 valence electrons. The SMILES string of the molecule is O=C(O)c1cn(CCSCc2ccc(Cl)cc2)nn1. The number of carboxylic acids is 1. The summed E-state index contributed by atoms with van der Waals surface area (Å²) < 4.78 is 1.54. The van der Waals surface area contributed by atoms with Crippen molar-refractivity contribution in [3.8, 4) is 0 Å². The molecule has 0 spiro atoms. The van der Waals surface area contributed by atoms with Crippen LogP contribution in [0, 0.1) is 0 Å². The first-order valence-electron chi connectivity index (χ1n) is 5.61. The first kappa shape index (κ1) is 13.9. The van der Waals surface area contributed by atoms with Crippen molar-refractivity contribution in [2.24, 2.45) is 0 Å². The Morgan fingerprint density at radius 2 is 2.11 bits per heavy atom. The summed E-state index contributed by atoms with van der Waals surface area (Å²) in [6.07, 6.45) is 1.44. The normalized spacial score (nSPS) is 10.6. The van der Waals surface area contributed by atoms with E-state index in [2.05, 4.69) is 10.3 Å². The van der Waals surface area contributed by atoms with E-state index in [-0.39, 0.29) is 5.69 Å². The van der Waals surface area contributed by atoms with E-state index in [0.29, 0.717) is 6.54 Å². The molecule has 0 unspecified atom stereocenters. The van der Waals surface area contributed by atoms with E-state index in [4.69, 9.17) is 16.7 Å². The fourth-order valence-electron chi connectivity index (χ4n) is 1.43. The molecule has 0 aliphatic carbocycles. The number of benzene rings is 1. The van der Waals surface area contributed by atoms with Gasteiger partial charge in [0.15, 0.2) is 5.69 Å². The molecule has 0 aliphatic heterocycles. The Morgan fingerprint density at radius 3 is 2.74 bits per heavy atom. The zero-order valence-corrected chi connectivity index (χ0v) is 11.6. The summed E-state index contributed by atoms with van der Waals surface area (Å²) in [5, 5.41) is 16.7. The molecule has 1 heterocycles. The van der Waals surface area contributed by atoms with Gasteiger partial charge in [-0.1, -0.05) is 28.9 Å². The minimum absolute atomic E-state index is 0.0253. The van der Waals surface area contributed by atoms with Crippen LogP contribution in [0.15, 0.2) is 30.5 Å². The minimum Gasteiger partial charge on any atom is -0.476 e. The van der Waals surface area contributed by atoms with Crippen LogP contribution in [0.25, 0.3) is 0 Å². The molecule has 0 aliphatic rings. The average Bonchev–Trinajstić information content (AvgIpc) is 2.86. The van der Waals surface area contributed by atoms with E-state index in [0.717, 1.165) is 16.5 Å². The zero-order valence-electron chi connectivity index (χ0n) is 9.99. The predicted octanol–water partition coefficient (Wildman–Crippen LogP) is 2.56. The number of nitrogens with zero attached hydrogens (tertiary/aromatic N) is 3. The van der Waals surface area contributed by atoms with Gasteiger partial charge in [0.05, 0.1) is 12.7 Å². The minimum atomic E-state index is -1.06. The molecular weight excluding hydrogens is 286 g/mol. The van der Waals surface area contributed by atoms with Crippen molar-refractivity contribution in [2.75, 3.05) is 5.75 Å². The van der Waals surface area contributed by atoms with Crippen LogP contribution in [0.1, 0.15) is 16.1 Å². The number of hydrogen-bond acceptors (Lipinski definition) is 4. The van der Waals surface area contributed by atoms with Gasteiger partial charge in [0, 0.05) is 16.5 Å². The Bertz CT molecular complexity index is 556. The number of aromatic carboxylic acids is 1. The molecular formula is C12H12ClN3O2S. The summed E-state index contributed by atoms with van der Waals surface area (Å²) in [4.78, 5) is 10.6. The topological polar surface area (TPSA) is 68.0 Å². The third kappa shape index (κ3) is 4.25. The summed E-state index contributed by atoms with van der Waals surface area (Å²) in [5.74, 6) is 0.669. The van der Waals surface area contributed by atoms with Crippen LogP contribution in [0.3, 0.4) is 0 Å². The maximum atomic E-state index is 10.6. The molecule has 0 radical (unpaired) electrons. The van der Waals surface area contributed by atoms with Crippen LogP contribution < -0.4 is 0 Å². The van der Waals surface area contributed by atoms with Crippen LogP contribution in [0.4, 0.5) is 0 Å². The number of thioether (sulfide) groups is 1. The summed E-state index contributed by atoms with van der Waals surface area (Å²) in [6, 6.07) is 7.72. The Labute approximate surface area is 119 Å². The van der Waals surface area contributed by atoms with Crippen molar-refractivity contribution in [3.63, 3.8) is 0 Å². The van der Waals surface area contributed by atoms with Gasteiger partial charge < -0.3 is 5.11 Å². The van der Waals surface area contributed by atoms with Gasteiger partial charge in [-0.05, 0) is 17.7 Å². The van der Waals surface area contributed by atoms with E-state index in [1.165, 1.54) is 16.4 Å². The van der Waals surface area contributed by atoms with Crippen molar-refractivity contribution in [1.29, 1.82) is 0 Å². The molecule has 1 N–H and O–H groups in total. The maximum Gasteiger partial charge on any atom is 0.358 e. The van der Waals surface area contributed by atoms with Crippen LogP contribution in [0.5, 0.6) is 0 Å². The van der Waals surface area contributed by atoms with Gasteiger partial charge in [0.2, 0.25) is 0 Å². The molecule has 0 bridgehead atoms. The number of halogens is 1. The second kappa shape index (κ2) is 6.58. The number of rotatable bonds is 6. The molecule has 0 atom stereocenters. The van der Waals surface area contributed by atoms with Gasteiger partial charge in [-0.3, -0.25) is 4.68 Å². The summed E-state index contributed by atoms with van der Waals surface area (Å²) in [7, 11) is 0. The van der Waals surface area contributed by atoms with E-state index in [1.54, 1.807) is 11.8 Å². The highest BCUT2D eigenvalue weighted by Crippen LogP contribution is 2.15. The monoisotopic (exact) mass is 297 g/mol. The van der Waals surface area contributed by atoms with Gasteiger partial charge in [0.25, 0.3) is 0 Å². The average molecular weight is 298 g/mol. The molecule has 0 fully saturated rings. The lowest BCUT2D eigenvalue weighted by Crippen LogP contribution is -2.01. The van der Waals surface area contributed by atoms with Gasteiger partial charge in [0.1, 0.15) is 0 Å². The van der Waals surface area contributed by atoms with Gasteiger partial charge in [-0.25, -0.2) is 4.79 Å². The van der Waals surface area contributed by atoms with E-state index in [9.17, 15) is 4.79 Å². The van der Waals surface area contributed by atoms with Crippen LogP contribution in [-0.2, 0) is 12.3 Å². The Morgan fingerprint density at radius 1 is 1.37 bits per heavy atom. The maximum absolute atomic E-state index is 10.6. The van der Waals surface area contributed by atoms with Gasteiger partial charge in [-0.15, -0.1) is 5.10 Å². The summed E-state index contributed by atoms with van der Waals surface area (Å²) >= 11 is 7.55. The second-order valence-corrected chi connectivity index (χ2v) is 5.39. The first-order valence-corrected chi connectivity index (χ1v) is 7.14. The number of hydrogen-bond donors (Lipinski definition) is 1. The highest BCUT2D eigenvalue weighted by atomic mass is 35.5. The standard InChI is InChI=1S/C12H12ClN3O2S/c13-10-3-1-9(2-4-10)8-19-6-5-16-7-11(12(17)18)14-15-16/h1-4,7H,5-6,8H2,(H,17,18). The molecule has 1 aromatic carbocycles. The van der Waals surface area contributed by atoms with Crippen LogP contribution in [-0.4, -0.2) is 31.8 Å². The lowest BCUT2D eigenvalue weighted by Gasteiger charge is -2.02. The van der Waals surface area contributed by atoms with E-state index in [1.807, 2.05) is 24.3 Å². The highest BCUT2D eigenvalue weighted by Gasteiger charge is 2.07. The molecule has 0 saturated carbocycles. The molecule has 7 heteroatoms. The summed E-state index contributed by atoms with van der Waals surface area (Å²) in [5.41, 5.74) is 1.18. The Kier molecular flexibility index (Phi) is 4.81. The third-order valence-corrected chi connectivity index (χ3v) is 3.67. The fraction of sp³-hybridized carbons (Fsp3) is 0.250. The summed E-state index contributed by atoms with van der Waals surface area (Å²) in [6.45, 7) is 0.637. The molecule has 1 aromatic heterocycles. The molecule has 0 amide bonds. The Balaban J connectivity index is 1.74.